The number of hydrogen-bond donors (Lipinski definition) is 0. The van der Waals surface area contributed by atoms with Gasteiger partial charge in [0.1, 0.15) is 0 Å². The lowest BCUT2D eigenvalue weighted by Gasteiger charge is -2.04. The van der Waals surface area contributed by atoms with E-state index in [1.54, 1.807) is 0 Å². The van der Waals surface area contributed by atoms with Crippen molar-refractivity contribution in [3.8, 4) is 0 Å². The summed E-state index contributed by atoms with van der Waals surface area (Å²) in [6, 6.07) is 2.26. The lowest BCUT2D eigenvalue weighted by Crippen LogP contribution is -1.82. The third-order valence-corrected chi connectivity index (χ3v) is 3.75. The number of thiophene rings is 1. The highest BCUT2D eigenvalue weighted by Crippen LogP contribution is 2.30. The van der Waals surface area contributed by atoms with Gasteiger partial charge in [-0.2, -0.15) is 0 Å². The van der Waals surface area contributed by atoms with Crippen LogP contribution < -0.4 is 0 Å². The third-order valence-electron chi connectivity index (χ3n) is 2.48. The van der Waals surface area contributed by atoms with Gasteiger partial charge < -0.3 is 0 Å². The lowest BCUT2D eigenvalue weighted by atomic mass is 10.1. The maximum Gasteiger partial charge on any atom is 0.0334 e. The van der Waals surface area contributed by atoms with Gasteiger partial charge in [0.15, 0.2) is 0 Å². The molecule has 1 heteroatoms. The fraction of sp³-hybridized carbons (Fsp3) is 0.429. The van der Waals surface area contributed by atoms with Crippen LogP contribution in [0.15, 0.2) is 23.3 Å². The van der Waals surface area contributed by atoms with Crippen LogP contribution in [-0.2, 0) is 0 Å². The van der Waals surface area contributed by atoms with Gasteiger partial charge in [-0.25, -0.2) is 0 Å². The molecule has 0 amide bonds. The number of aryl methyl sites for hydroxylation is 2. The molecule has 15 heavy (non-hydrogen) atoms. The fourth-order valence-corrected chi connectivity index (χ4v) is 2.83. The van der Waals surface area contributed by atoms with Crippen LogP contribution in [0.25, 0.3) is 5.57 Å². The molecule has 1 aromatic rings. The zero-order valence-corrected chi connectivity index (χ0v) is 11.4. The molecule has 1 rings (SSSR count). The Labute approximate surface area is 97.3 Å². The van der Waals surface area contributed by atoms with Crippen molar-refractivity contribution in [1.82, 2.24) is 0 Å². The van der Waals surface area contributed by atoms with Crippen LogP contribution in [0.4, 0.5) is 0 Å². The van der Waals surface area contributed by atoms with E-state index >= 15 is 0 Å². The van der Waals surface area contributed by atoms with E-state index in [-0.39, 0.29) is 0 Å². The Morgan fingerprint density at radius 2 is 1.73 bits per heavy atom. The SMILES string of the molecule is CC(C)=CC(C)=C(C)c1sc(C)cc1C. The van der Waals surface area contributed by atoms with Crippen molar-refractivity contribution < 1.29 is 0 Å². The Bertz CT molecular complexity index is 413. The second kappa shape index (κ2) is 4.80. The molecule has 0 aliphatic heterocycles. The average molecular weight is 220 g/mol. The van der Waals surface area contributed by atoms with Gasteiger partial charge in [-0.15, -0.1) is 11.3 Å². The van der Waals surface area contributed by atoms with E-state index in [1.165, 1.54) is 32.0 Å². The van der Waals surface area contributed by atoms with Crippen molar-refractivity contribution >= 4 is 16.9 Å². The van der Waals surface area contributed by atoms with Crippen molar-refractivity contribution in [3.05, 3.63) is 38.6 Å². The third kappa shape index (κ3) is 3.07. The zero-order chi connectivity index (χ0) is 11.6. The zero-order valence-electron chi connectivity index (χ0n) is 10.6. The predicted molar refractivity (Wildman–Crippen MR) is 71.5 cm³/mol. The van der Waals surface area contributed by atoms with E-state index in [4.69, 9.17) is 0 Å². The quantitative estimate of drug-likeness (QED) is 0.606. The minimum atomic E-state index is 1.36. The van der Waals surface area contributed by atoms with Gasteiger partial charge in [-0.1, -0.05) is 11.6 Å². The molecule has 0 bridgehead atoms. The van der Waals surface area contributed by atoms with Crippen LogP contribution in [0.3, 0.4) is 0 Å². The van der Waals surface area contributed by atoms with Gasteiger partial charge in [0, 0.05) is 9.75 Å². The first-order chi connectivity index (χ1) is 6.91. The van der Waals surface area contributed by atoms with E-state index < -0.39 is 0 Å². The van der Waals surface area contributed by atoms with Crippen molar-refractivity contribution in [3.63, 3.8) is 0 Å². The summed E-state index contributed by atoms with van der Waals surface area (Å²) in [5.74, 6) is 0. The molecule has 0 nitrogen and oxygen atoms in total. The topological polar surface area (TPSA) is 0 Å². The maximum atomic E-state index is 2.26. The molecular weight excluding hydrogens is 200 g/mol. The molecule has 0 fully saturated rings. The molecular formula is C14H20S. The Morgan fingerprint density at radius 1 is 1.13 bits per heavy atom. The molecule has 0 N–H and O–H groups in total. The molecule has 0 saturated heterocycles. The number of allylic oxidation sites excluding steroid dienone is 4. The number of rotatable bonds is 2. The Kier molecular flexibility index (Phi) is 3.92. The van der Waals surface area contributed by atoms with Gasteiger partial charge in [-0.3, -0.25) is 0 Å². The molecule has 0 atom stereocenters. The maximum absolute atomic E-state index is 2.26. The van der Waals surface area contributed by atoms with E-state index in [0.29, 0.717) is 0 Å². The Morgan fingerprint density at radius 3 is 2.13 bits per heavy atom. The molecule has 0 radical (unpaired) electrons. The van der Waals surface area contributed by atoms with Crippen molar-refractivity contribution in [2.45, 2.75) is 41.5 Å². The first kappa shape index (κ1) is 12.3. The van der Waals surface area contributed by atoms with Crippen molar-refractivity contribution in [1.29, 1.82) is 0 Å². The van der Waals surface area contributed by atoms with Crippen LogP contribution in [0.2, 0.25) is 0 Å². The molecule has 82 valence electrons. The summed E-state index contributed by atoms with van der Waals surface area (Å²) in [5.41, 5.74) is 5.54. The first-order valence-corrected chi connectivity index (χ1v) is 6.13. The average Bonchev–Trinajstić information content (AvgIpc) is 2.42. The van der Waals surface area contributed by atoms with Gasteiger partial charge >= 0.3 is 0 Å². The molecule has 0 aromatic carbocycles. The van der Waals surface area contributed by atoms with Crippen molar-refractivity contribution in [2.75, 3.05) is 0 Å². The molecule has 1 aromatic heterocycles. The molecule has 0 unspecified atom stereocenters. The summed E-state index contributed by atoms with van der Waals surface area (Å²) in [6.45, 7) is 13.1. The molecule has 0 aliphatic rings. The van der Waals surface area contributed by atoms with E-state index in [9.17, 15) is 0 Å². The summed E-state index contributed by atoms with van der Waals surface area (Å²) >= 11 is 1.89. The standard InChI is InChI=1S/C14H20S/c1-9(2)7-10(3)13(6)14-11(4)8-12(5)15-14/h7-8H,1-6H3. The predicted octanol–water partition coefficient (Wildman–Crippen LogP) is 5.12. The fourth-order valence-electron chi connectivity index (χ4n) is 1.73. The van der Waals surface area contributed by atoms with Gasteiger partial charge in [-0.05, 0) is 64.3 Å². The van der Waals surface area contributed by atoms with E-state index in [0.717, 1.165) is 0 Å². The molecule has 1 heterocycles. The van der Waals surface area contributed by atoms with Gasteiger partial charge in [0.2, 0.25) is 0 Å². The summed E-state index contributed by atoms with van der Waals surface area (Å²) in [5, 5.41) is 0. The minimum Gasteiger partial charge on any atom is -0.141 e. The van der Waals surface area contributed by atoms with E-state index in [2.05, 4.69) is 53.7 Å². The Balaban J connectivity index is 3.18. The normalized spacial score (nSPS) is 12.4. The summed E-state index contributed by atoms with van der Waals surface area (Å²) in [6.07, 6.45) is 2.25. The first-order valence-electron chi connectivity index (χ1n) is 5.31. The van der Waals surface area contributed by atoms with Crippen LogP contribution >= 0.6 is 11.3 Å². The van der Waals surface area contributed by atoms with Crippen LogP contribution in [0.1, 0.15) is 43.0 Å². The highest BCUT2D eigenvalue weighted by Gasteiger charge is 2.06. The highest BCUT2D eigenvalue weighted by atomic mass is 32.1. The molecule has 0 aliphatic carbocycles. The van der Waals surface area contributed by atoms with Gasteiger partial charge in [0.25, 0.3) is 0 Å². The van der Waals surface area contributed by atoms with Crippen LogP contribution in [0, 0.1) is 13.8 Å². The minimum absolute atomic E-state index is 1.36. The summed E-state index contributed by atoms with van der Waals surface area (Å²) < 4.78 is 0. The monoisotopic (exact) mass is 220 g/mol. The lowest BCUT2D eigenvalue weighted by molar-refractivity contribution is 1.34. The van der Waals surface area contributed by atoms with Gasteiger partial charge in [0.05, 0.1) is 0 Å². The second-order valence-electron chi connectivity index (χ2n) is 4.40. The number of hydrogen-bond acceptors (Lipinski definition) is 1. The largest absolute Gasteiger partial charge is 0.141 e. The second-order valence-corrected chi connectivity index (χ2v) is 5.66. The van der Waals surface area contributed by atoms with Crippen LogP contribution in [0.5, 0.6) is 0 Å². The Hall–Kier alpha value is -0.820. The molecule has 0 spiro atoms. The van der Waals surface area contributed by atoms with E-state index in [1.807, 2.05) is 11.3 Å². The van der Waals surface area contributed by atoms with Crippen molar-refractivity contribution in [2.24, 2.45) is 0 Å². The smallest absolute Gasteiger partial charge is 0.0334 e. The summed E-state index contributed by atoms with van der Waals surface area (Å²) in [7, 11) is 0. The van der Waals surface area contributed by atoms with Crippen LogP contribution in [-0.4, -0.2) is 0 Å². The highest BCUT2D eigenvalue weighted by molar-refractivity contribution is 7.13. The summed E-state index contributed by atoms with van der Waals surface area (Å²) in [4.78, 5) is 2.83. The molecule has 0 saturated carbocycles.